The van der Waals surface area contributed by atoms with Crippen LogP contribution < -0.4 is 4.80 Å². The second-order valence-electron chi connectivity index (χ2n) is 6.35. The molecule has 0 fully saturated rings. The minimum absolute atomic E-state index is 0.207. The van der Waals surface area contributed by atoms with Gasteiger partial charge < -0.3 is 4.57 Å². The Balaban J connectivity index is 2.13. The lowest BCUT2D eigenvalue weighted by Gasteiger charge is -2.06. The fraction of sp³-hybridized carbons (Fsp3) is 0.300. The van der Waals surface area contributed by atoms with Crippen molar-refractivity contribution in [1.82, 2.24) is 4.57 Å². The molecule has 3 aromatic rings. The highest BCUT2D eigenvalue weighted by atomic mass is 79.9. The SMILES string of the molecule is CCCn1c(=NC(=O)c2cccc(Br)c2)sc2cc(C(C)C)ccc21. The average molecular weight is 417 g/mol. The van der Waals surface area contributed by atoms with Gasteiger partial charge in [-0.2, -0.15) is 4.99 Å². The van der Waals surface area contributed by atoms with E-state index in [9.17, 15) is 4.79 Å². The summed E-state index contributed by atoms with van der Waals surface area (Å²) in [6.07, 6.45) is 0.996. The number of aryl methyl sites for hydroxylation is 1. The van der Waals surface area contributed by atoms with Crippen molar-refractivity contribution in [3.63, 3.8) is 0 Å². The van der Waals surface area contributed by atoms with E-state index in [0.717, 1.165) is 27.8 Å². The molecule has 0 N–H and O–H groups in total. The summed E-state index contributed by atoms with van der Waals surface area (Å²) in [6.45, 7) is 7.37. The van der Waals surface area contributed by atoms with Crippen LogP contribution in [-0.4, -0.2) is 10.5 Å². The van der Waals surface area contributed by atoms with Crippen LogP contribution in [0.5, 0.6) is 0 Å². The Bertz CT molecular complexity index is 985. The van der Waals surface area contributed by atoms with Gasteiger partial charge in [-0.05, 0) is 48.2 Å². The van der Waals surface area contributed by atoms with Crippen molar-refractivity contribution in [2.45, 2.75) is 39.7 Å². The molecule has 0 bridgehead atoms. The highest BCUT2D eigenvalue weighted by Gasteiger charge is 2.10. The highest BCUT2D eigenvalue weighted by Crippen LogP contribution is 2.24. The molecule has 25 heavy (non-hydrogen) atoms. The van der Waals surface area contributed by atoms with E-state index in [4.69, 9.17) is 0 Å². The molecule has 0 saturated heterocycles. The van der Waals surface area contributed by atoms with Gasteiger partial charge in [-0.3, -0.25) is 4.79 Å². The molecular weight excluding hydrogens is 396 g/mol. The molecule has 0 radical (unpaired) electrons. The predicted molar refractivity (Wildman–Crippen MR) is 108 cm³/mol. The topological polar surface area (TPSA) is 34.4 Å². The lowest BCUT2D eigenvalue weighted by atomic mass is 10.0. The average Bonchev–Trinajstić information content (AvgIpc) is 2.92. The number of aromatic nitrogens is 1. The molecule has 2 aromatic carbocycles. The van der Waals surface area contributed by atoms with E-state index in [-0.39, 0.29) is 5.91 Å². The lowest BCUT2D eigenvalue weighted by molar-refractivity contribution is 0.0997. The number of thiazole rings is 1. The highest BCUT2D eigenvalue weighted by molar-refractivity contribution is 9.10. The first kappa shape index (κ1) is 18.1. The molecule has 0 aliphatic heterocycles. The molecule has 1 amide bonds. The minimum atomic E-state index is -0.207. The van der Waals surface area contributed by atoms with Crippen molar-refractivity contribution in [2.24, 2.45) is 4.99 Å². The van der Waals surface area contributed by atoms with Crippen LogP contribution in [0, 0.1) is 0 Å². The van der Waals surface area contributed by atoms with Crippen molar-refractivity contribution in [2.75, 3.05) is 0 Å². The second kappa shape index (κ2) is 7.67. The number of halogens is 1. The van der Waals surface area contributed by atoms with E-state index in [1.54, 1.807) is 23.5 Å². The number of amides is 1. The molecule has 0 saturated carbocycles. The van der Waals surface area contributed by atoms with Crippen LogP contribution >= 0.6 is 27.3 Å². The largest absolute Gasteiger partial charge is 0.316 e. The van der Waals surface area contributed by atoms with Gasteiger partial charge in [0.15, 0.2) is 4.80 Å². The Labute approximate surface area is 160 Å². The molecule has 0 aliphatic carbocycles. The summed E-state index contributed by atoms with van der Waals surface area (Å²) in [5, 5.41) is 0. The van der Waals surface area contributed by atoms with Crippen molar-refractivity contribution in [3.8, 4) is 0 Å². The molecule has 0 atom stereocenters. The molecule has 1 aromatic heterocycles. The maximum Gasteiger partial charge on any atom is 0.279 e. The van der Waals surface area contributed by atoms with Crippen LogP contribution in [0.1, 0.15) is 49.0 Å². The van der Waals surface area contributed by atoms with Gasteiger partial charge in [0.1, 0.15) is 0 Å². The first-order chi connectivity index (χ1) is 12.0. The van der Waals surface area contributed by atoms with Gasteiger partial charge in [0.25, 0.3) is 5.91 Å². The molecule has 0 unspecified atom stereocenters. The predicted octanol–water partition coefficient (Wildman–Crippen LogP) is 5.74. The number of nitrogens with zero attached hydrogens (tertiary/aromatic N) is 2. The van der Waals surface area contributed by atoms with Crippen LogP contribution in [0.25, 0.3) is 10.2 Å². The van der Waals surface area contributed by atoms with Gasteiger partial charge in [0, 0.05) is 16.6 Å². The molecule has 5 heteroatoms. The summed E-state index contributed by atoms with van der Waals surface area (Å²) in [6, 6.07) is 13.9. The summed E-state index contributed by atoms with van der Waals surface area (Å²) in [5.74, 6) is 0.275. The Morgan fingerprint density at radius 3 is 2.72 bits per heavy atom. The standard InChI is InChI=1S/C20H21BrN2OS/c1-4-10-23-17-9-8-14(13(2)3)12-18(17)25-20(23)22-19(24)15-6-5-7-16(21)11-15/h5-9,11-13H,4,10H2,1-3H3. The van der Waals surface area contributed by atoms with E-state index < -0.39 is 0 Å². The number of fused-ring (bicyclic) bond motifs is 1. The fourth-order valence-electron chi connectivity index (χ4n) is 2.75. The summed E-state index contributed by atoms with van der Waals surface area (Å²) >= 11 is 4.99. The Hall–Kier alpha value is -1.72. The van der Waals surface area contributed by atoms with Crippen molar-refractivity contribution in [1.29, 1.82) is 0 Å². The van der Waals surface area contributed by atoms with Gasteiger partial charge in [-0.15, -0.1) is 0 Å². The number of hydrogen-bond acceptors (Lipinski definition) is 2. The molecule has 1 heterocycles. The number of hydrogen-bond donors (Lipinski definition) is 0. The van der Waals surface area contributed by atoms with E-state index in [1.165, 1.54) is 10.3 Å². The Kier molecular flexibility index (Phi) is 5.54. The normalized spacial score (nSPS) is 12.3. The van der Waals surface area contributed by atoms with Crippen molar-refractivity contribution in [3.05, 3.63) is 62.9 Å². The third kappa shape index (κ3) is 3.93. The molecule has 0 aliphatic rings. The van der Waals surface area contributed by atoms with E-state index in [1.807, 2.05) is 12.1 Å². The molecule has 130 valence electrons. The molecule has 3 rings (SSSR count). The summed E-state index contributed by atoms with van der Waals surface area (Å²) in [4.78, 5) is 17.8. The van der Waals surface area contributed by atoms with Gasteiger partial charge in [0.05, 0.1) is 10.2 Å². The maximum absolute atomic E-state index is 12.6. The Morgan fingerprint density at radius 1 is 1.24 bits per heavy atom. The second-order valence-corrected chi connectivity index (χ2v) is 8.27. The number of rotatable bonds is 4. The van der Waals surface area contributed by atoms with Gasteiger partial charge >= 0.3 is 0 Å². The summed E-state index contributed by atoms with van der Waals surface area (Å²) in [5.41, 5.74) is 3.05. The zero-order chi connectivity index (χ0) is 18.0. The third-order valence-corrected chi connectivity index (χ3v) is 5.62. The monoisotopic (exact) mass is 416 g/mol. The van der Waals surface area contributed by atoms with Crippen molar-refractivity contribution >= 4 is 43.4 Å². The molecule has 0 spiro atoms. The molecular formula is C20H21BrN2OS. The smallest absolute Gasteiger partial charge is 0.279 e. The van der Waals surface area contributed by atoms with Crippen LogP contribution in [0.2, 0.25) is 0 Å². The van der Waals surface area contributed by atoms with Crippen LogP contribution in [0.3, 0.4) is 0 Å². The van der Waals surface area contributed by atoms with Crippen molar-refractivity contribution < 1.29 is 4.79 Å². The summed E-state index contributed by atoms with van der Waals surface area (Å²) in [7, 11) is 0. The van der Waals surface area contributed by atoms with Gasteiger partial charge in [-0.25, -0.2) is 0 Å². The van der Waals surface area contributed by atoms with Gasteiger partial charge in [0.2, 0.25) is 0 Å². The van der Waals surface area contributed by atoms with Crippen LogP contribution in [-0.2, 0) is 6.54 Å². The fourth-order valence-corrected chi connectivity index (χ4v) is 4.25. The zero-order valence-corrected chi connectivity index (χ0v) is 17.0. The summed E-state index contributed by atoms with van der Waals surface area (Å²) < 4.78 is 4.22. The first-order valence-corrected chi connectivity index (χ1v) is 10.1. The third-order valence-electron chi connectivity index (χ3n) is 4.09. The van der Waals surface area contributed by atoms with Crippen LogP contribution in [0.15, 0.2) is 51.9 Å². The zero-order valence-electron chi connectivity index (χ0n) is 14.6. The van der Waals surface area contributed by atoms with E-state index in [2.05, 4.69) is 64.5 Å². The first-order valence-electron chi connectivity index (χ1n) is 8.47. The lowest BCUT2D eigenvalue weighted by Crippen LogP contribution is -2.16. The number of benzene rings is 2. The molecule has 3 nitrogen and oxygen atoms in total. The minimum Gasteiger partial charge on any atom is -0.316 e. The van der Waals surface area contributed by atoms with E-state index >= 15 is 0 Å². The quantitative estimate of drug-likeness (QED) is 0.533. The maximum atomic E-state index is 12.6. The van der Waals surface area contributed by atoms with Gasteiger partial charge in [-0.1, -0.05) is 60.2 Å². The number of carbonyl (C=O) groups is 1. The number of carbonyl (C=O) groups excluding carboxylic acids is 1. The Morgan fingerprint density at radius 2 is 2.04 bits per heavy atom. The van der Waals surface area contributed by atoms with E-state index in [0.29, 0.717) is 11.5 Å². The van der Waals surface area contributed by atoms with Crippen LogP contribution in [0.4, 0.5) is 0 Å².